The number of hydrazone groups is 1. The number of para-hydroxylation sites is 2. The van der Waals surface area contributed by atoms with Gasteiger partial charge in [0.05, 0.1) is 45.3 Å². The van der Waals surface area contributed by atoms with Crippen molar-refractivity contribution < 1.29 is 37.1 Å². The summed E-state index contributed by atoms with van der Waals surface area (Å²) in [6, 6.07) is 14.1. The highest BCUT2D eigenvalue weighted by Crippen LogP contribution is 2.37. The highest BCUT2D eigenvalue weighted by atomic mass is 32.2. The van der Waals surface area contributed by atoms with Gasteiger partial charge in [0.15, 0.2) is 16.4 Å². The number of benzene rings is 3. The van der Waals surface area contributed by atoms with Crippen LogP contribution in [0.2, 0.25) is 0 Å². The van der Waals surface area contributed by atoms with E-state index in [0.717, 1.165) is 12.1 Å². The van der Waals surface area contributed by atoms with Gasteiger partial charge >= 0.3 is 0 Å². The third-order valence-corrected chi connectivity index (χ3v) is 7.21. The molecule has 1 N–H and O–H groups in total. The van der Waals surface area contributed by atoms with Gasteiger partial charge in [-0.25, -0.2) is 13.8 Å². The van der Waals surface area contributed by atoms with Gasteiger partial charge in [-0.1, -0.05) is 18.2 Å². The molecule has 0 saturated heterocycles. The van der Waals surface area contributed by atoms with E-state index < -0.39 is 38.0 Å². The van der Waals surface area contributed by atoms with Gasteiger partial charge in [-0.05, 0) is 30.3 Å². The number of nitro groups is 1. The summed E-state index contributed by atoms with van der Waals surface area (Å²) in [6.45, 7) is -0.788. The molecule has 13 nitrogen and oxygen atoms in total. The second kappa shape index (κ2) is 12.6. The summed E-state index contributed by atoms with van der Waals surface area (Å²) < 4.78 is 49.3. The summed E-state index contributed by atoms with van der Waals surface area (Å²) in [5, 5.41) is 15.5. The number of sulfonamides is 1. The lowest BCUT2D eigenvalue weighted by atomic mass is 10.2. The second-order valence-electron chi connectivity index (χ2n) is 7.65. The average molecular weight is 559 g/mol. The highest BCUT2D eigenvalue weighted by molar-refractivity contribution is 7.93. The van der Waals surface area contributed by atoms with Crippen LogP contribution in [0.4, 0.5) is 11.4 Å². The van der Waals surface area contributed by atoms with Crippen LogP contribution in [0.25, 0.3) is 0 Å². The summed E-state index contributed by atoms with van der Waals surface area (Å²) in [7, 11) is 0.987. The van der Waals surface area contributed by atoms with E-state index in [1.165, 1.54) is 65.0 Å². The molecule has 0 heterocycles. The molecule has 14 heteroatoms. The Morgan fingerprint density at radius 1 is 0.974 bits per heavy atom. The number of nitrogens with one attached hydrogen (secondary N) is 1. The van der Waals surface area contributed by atoms with Gasteiger partial charge in [0.1, 0.15) is 18.0 Å². The molecule has 0 unspecified atom stereocenters. The van der Waals surface area contributed by atoms with Crippen molar-refractivity contribution in [1.82, 2.24) is 5.43 Å². The number of hydrogen-bond donors (Lipinski definition) is 1. The third-order valence-electron chi connectivity index (χ3n) is 5.40. The number of hydrogen-bond acceptors (Lipinski definition) is 10. The maximum absolute atomic E-state index is 13.8. The second-order valence-corrected chi connectivity index (χ2v) is 9.48. The van der Waals surface area contributed by atoms with E-state index in [-0.39, 0.29) is 11.4 Å². The van der Waals surface area contributed by atoms with Crippen molar-refractivity contribution in [3.63, 3.8) is 0 Å². The van der Waals surface area contributed by atoms with E-state index in [2.05, 4.69) is 10.5 Å². The molecular weight excluding hydrogens is 532 g/mol. The lowest BCUT2D eigenvalue weighted by Crippen LogP contribution is -2.40. The van der Waals surface area contributed by atoms with Crippen LogP contribution < -0.4 is 28.7 Å². The summed E-state index contributed by atoms with van der Waals surface area (Å²) in [4.78, 5) is 23.1. The minimum Gasteiger partial charge on any atom is -0.497 e. The molecule has 0 aliphatic rings. The fraction of sp³-hybridized carbons (Fsp3) is 0.200. The Kier molecular flexibility index (Phi) is 9.28. The molecule has 3 aromatic rings. The summed E-state index contributed by atoms with van der Waals surface area (Å²) in [6.07, 6.45) is 1.30. The van der Waals surface area contributed by atoms with E-state index >= 15 is 0 Å². The first-order valence-corrected chi connectivity index (χ1v) is 12.6. The van der Waals surface area contributed by atoms with Crippen molar-refractivity contribution in [3.05, 3.63) is 76.3 Å². The topological polar surface area (TPSA) is 159 Å². The van der Waals surface area contributed by atoms with Crippen LogP contribution in [-0.4, -0.2) is 60.4 Å². The van der Waals surface area contributed by atoms with Crippen molar-refractivity contribution in [1.29, 1.82) is 0 Å². The first-order chi connectivity index (χ1) is 18.7. The van der Waals surface area contributed by atoms with Crippen molar-refractivity contribution in [2.24, 2.45) is 5.10 Å². The molecule has 1 amide bonds. The number of methoxy groups -OCH3 is 4. The van der Waals surface area contributed by atoms with Crippen LogP contribution in [0.15, 0.2) is 70.7 Å². The van der Waals surface area contributed by atoms with Crippen LogP contribution in [0, 0.1) is 10.1 Å². The third kappa shape index (κ3) is 6.35. The Morgan fingerprint density at radius 3 is 2.33 bits per heavy atom. The van der Waals surface area contributed by atoms with Crippen molar-refractivity contribution >= 4 is 33.5 Å². The number of amides is 1. The number of anilines is 1. The molecule has 39 heavy (non-hydrogen) atoms. The zero-order valence-electron chi connectivity index (χ0n) is 21.5. The monoisotopic (exact) mass is 558 g/mol. The number of nitrogens with zero attached hydrogens (tertiary/aromatic N) is 3. The van der Waals surface area contributed by atoms with Gasteiger partial charge in [-0.3, -0.25) is 19.2 Å². The molecule has 3 rings (SSSR count). The maximum atomic E-state index is 13.8. The molecule has 0 radical (unpaired) electrons. The fourth-order valence-corrected chi connectivity index (χ4v) is 5.18. The molecular formula is C25H26N4O9S. The van der Waals surface area contributed by atoms with Gasteiger partial charge in [0.25, 0.3) is 21.6 Å². The first-order valence-electron chi connectivity index (χ1n) is 11.2. The SMILES string of the molecule is COc1ccc(N(CC(=O)N/N=C\c2cccc(OC)c2OC)S(=O)(=O)c2ccccc2[N+](=O)[O-])c(OC)c1. The first kappa shape index (κ1) is 28.7. The van der Waals surface area contributed by atoms with E-state index in [1.54, 1.807) is 18.2 Å². The molecule has 0 atom stereocenters. The van der Waals surface area contributed by atoms with Crippen LogP contribution in [-0.2, 0) is 14.8 Å². The zero-order valence-corrected chi connectivity index (χ0v) is 22.3. The molecule has 0 bridgehead atoms. The summed E-state index contributed by atoms with van der Waals surface area (Å²) >= 11 is 0. The molecule has 0 spiro atoms. The molecule has 0 aromatic heterocycles. The van der Waals surface area contributed by atoms with Gasteiger partial charge in [-0.2, -0.15) is 5.10 Å². The number of carbonyl (C=O) groups is 1. The number of ether oxygens (including phenoxy) is 4. The summed E-state index contributed by atoms with van der Waals surface area (Å²) in [5.74, 6) is 0.393. The molecule has 0 aliphatic carbocycles. The zero-order chi connectivity index (χ0) is 28.6. The van der Waals surface area contributed by atoms with Crippen molar-refractivity contribution in [3.8, 4) is 23.0 Å². The standard InChI is InChI=1S/C25H26N4O9S/c1-35-18-12-13-19(22(14-18)37-3)28(39(33,34)23-11-6-5-9-20(23)29(31)32)16-24(30)27-26-15-17-8-7-10-21(36-2)25(17)38-4/h5-15H,16H2,1-4H3,(H,27,30)/b26-15-. The normalized spacial score (nSPS) is 11.1. The lowest BCUT2D eigenvalue weighted by molar-refractivity contribution is -0.387. The van der Waals surface area contributed by atoms with Crippen molar-refractivity contribution in [2.75, 3.05) is 39.3 Å². The maximum Gasteiger partial charge on any atom is 0.289 e. The van der Waals surface area contributed by atoms with E-state index in [1.807, 2.05) is 0 Å². The van der Waals surface area contributed by atoms with Crippen LogP contribution in [0.5, 0.6) is 23.0 Å². The number of rotatable bonds is 12. The Balaban J connectivity index is 2.01. The Bertz CT molecular complexity index is 1490. The highest BCUT2D eigenvalue weighted by Gasteiger charge is 2.34. The predicted molar refractivity (Wildman–Crippen MR) is 142 cm³/mol. The van der Waals surface area contributed by atoms with Gasteiger partial charge < -0.3 is 18.9 Å². The van der Waals surface area contributed by atoms with Crippen LogP contribution in [0.3, 0.4) is 0 Å². The van der Waals surface area contributed by atoms with E-state index in [9.17, 15) is 23.3 Å². The predicted octanol–water partition coefficient (Wildman–Crippen LogP) is 2.97. The van der Waals surface area contributed by atoms with Gasteiger partial charge in [0.2, 0.25) is 0 Å². The lowest BCUT2D eigenvalue weighted by Gasteiger charge is -2.25. The molecule has 206 valence electrons. The largest absolute Gasteiger partial charge is 0.497 e. The van der Waals surface area contributed by atoms with Crippen molar-refractivity contribution in [2.45, 2.75) is 4.90 Å². The number of nitro benzene ring substituents is 1. The molecule has 0 aliphatic heterocycles. The number of carbonyl (C=O) groups excluding carboxylic acids is 1. The Hall–Kier alpha value is -4.85. The average Bonchev–Trinajstić information content (AvgIpc) is 2.95. The Morgan fingerprint density at radius 2 is 1.69 bits per heavy atom. The minimum atomic E-state index is -4.65. The van der Waals surface area contributed by atoms with Gasteiger partial charge in [0, 0.05) is 17.7 Å². The summed E-state index contributed by atoms with van der Waals surface area (Å²) in [5.41, 5.74) is 2.05. The van der Waals surface area contributed by atoms with Gasteiger partial charge in [-0.15, -0.1) is 0 Å². The molecule has 0 saturated carbocycles. The van der Waals surface area contributed by atoms with Crippen LogP contribution in [0.1, 0.15) is 5.56 Å². The van der Waals surface area contributed by atoms with Crippen LogP contribution >= 0.6 is 0 Å². The molecule has 0 fully saturated rings. The quantitative estimate of drug-likeness (QED) is 0.200. The molecule has 3 aromatic carbocycles. The fourth-order valence-electron chi connectivity index (χ4n) is 3.59. The van der Waals surface area contributed by atoms with E-state index in [4.69, 9.17) is 18.9 Å². The Labute approximate surface area is 224 Å². The minimum absolute atomic E-state index is 0.0499. The van der Waals surface area contributed by atoms with E-state index in [0.29, 0.717) is 27.1 Å². The smallest absolute Gasteiger partial charge is 0.289 e.